The largest absolute Gasteiger partial charge is 0.349 e. The molecule has 0 aromatic rings. The fraction of sp³-hybridized carbons (Fsp3) is 0.952. The maximum Gasteiger partial charge on any atom is 0.226 e. The summed E-state index contributed by atoms with van der Waals surface area (Å²) in [6, 6.07) is 0. The average molecular weight is 316 g/mol. The minimum Gasteiger partial charge on any atom is -0.349 e. The number of carbonyl (C=O) groups is 1. The van der Waals surface area contributed by atoms with E-state index in [0.717, 1.165) is 35.5 Å². The summed E-state index contributed by atoms with van der Waals surface area (Å²) in [6.45, 7) is 0. The number of nitrogens with zero attached hydrogens (tertiary/aromatic N) is 1. The predicted molar refractivity (Wildman–Crippen MR) is 91.7 cm³/mol. The second-order valence-corrected chi connectivity index (χ2v) is 10.3. The monoisotopic (exact) mass is 315 g/mol. The highest BCUT2D eigenvalue weighted by molar-refractivity contribution is 5.79. The molecular formula is C21H33NO. The third-order valence-corrected chi connectivity index (χ3v) is 8.67. The molecule has 0 aromatic heterocycles. The molecule has 0 spiro atoms. The van der Waals surface area contributed by atoms with E-state index in [4.69, 9.17) is 0 Å². The van der Waals surface area contributed by atoms with E-state index in [1.807, 2.05) is 19.0 Å². The molecule has 0 aliphatic heterocycles. The molecule has 23 heavy (non-hydrogen) atoms. The highest BCUT2D eigenvalue weighted by Crippen LogP contribution is 2.66. The van der Waals surface area contributed by atoms with Crippen LogP contribution in [0.1, 0.15) is 64.2 Å². The van der Waals surface area contributed by atoms with Crippen molar-refractivity contribution in [3.8, 4) is 0 Å². The minimum absolute atomic E-state index is 0.362. The SMILES string of the molecule is CN(C)C(=O)C(C1CC2CCC1C2)C12CC3CC(CC(C3)C1)C2. The van der Waals surface area contributed by atoms with Gasteiger partial charge in [0.05, 0.1) is 0 Å². The summed E-state index contributed by atoms with van der Waals surface area (Å²) in [5, 5.41) is 0. The van der Waals surface area contributed by atoms with Gasteiger partial charge in [-0.1, -0.05) is 6.42 Å². The molecule has 6 bridgehead atoms. The van der Waals surface area contributed by atoms with Crippen molar-refractivity contribution in [2.45, 2.75) is 64.2 Å². The average Bonchev–Trinajstić information content (AvgIpc) is 3.08. The Morgan fingerprint density at radius 1 is 0.870 bits per heavy atom. The maximum absolute atomic E-state index is 13.3. The van der Waals surface area contributed by atoms with E-state index in [1.165, 1.54) is 64.2 Å². The van der Waals surface area contributed by atoms with Crippen LogP contribution < -0.4 is 0 Å². The Hall–Kier alpha value is -0.530. The molecule has 4 unspecified atom stereocenters. The highest BCUT2D eigenvalue weighted by Gasteiger charge is 2.60. The molecule has 2 heteroatoms. The van der Waals surface area contributed by atoms with Crippen LogP contribution in [0, 0.1) is 46.8 Å². The van der Waals surface area contributed by atoms with E-state index >= 15 is 0 Å². The lowest BCUT2D eigenvalue weighted by Gasteiger charge is -2.60. The van der Waals surface area contributed by atoms with E-state index in [9.17, 15) is 4.79 Å². The molecule has 0 radical (unpaired) electrons. The van der Waals surface area contributed by atoms with Crippen molar-refractivity contribution < 1.29 is 4.79 Å². The van der Waals surface area contributed by atoms with Crippen molar-refractivity contribution in [3.05, 3.63) is 0 Å². The number of fused-ring (bicyclic) bond motifs is 2. The second-order valence-electron chi connectivity index (χ2n) is 10.3. The quantitative estimate of drug-likeness (QED) is 0.758. The van der Waals surface area contributed by atoms with Gasteiger partial charge in [0.1, 0.15) is 0 Å². The van der Waals surface area contributed by atoms with Crippen molar-refractivity contribution in [3.63, 3.8) is 0 Å². The first kappa shape index (κ1) is 14.8. The topological polar surface area (TPSA) is 20.3 Å². The lowest BCUT2D eigenvalue weighted by Crippen LogP contribution is -2.55. The Labute approximate surface area is 141 Å². The predicted octanol–water partition coefficient (Wildman–Crippen LogP) is 4.34. The van der Waals surface area contributed by atoms with Gasteiger partial charge in [0.25, 0.3) is 0 Å². The standard InChI is InChI=1S/C21H33NO/c1-22(2)20(23)19(18-9-13-3-4-17(18)8-13)21-10-14-5-15(11-21)7-16(6-14)12-21/h13-19H,3-12H2,1-2H3. The third-order valence-electron chi connectivity index (χ3n) is 8.67. The van der Waals surface area contributed by atoms with Crippen molar-refractivity contribution in [1.82, 2.24) is 4.90 Å². The Balaban J connectivity index is 1.51. The number of carbonyl (C=O) groups excluding carboxylic acids is 1. The van der Waals surface area contributed by atoms with Crippen LogP contribution in [0.5, 0.6) is 0 Å². The zero-order valence-electron chi connectivity index (χ0n) is 15.0. The molecule has 0 aromatic carbocycles. The van der Waals surface area contributed by atoms with Crippen molar-refractivity contribution in [2.24, 2.45) is 46.8 Å². The number of amides is 1. The van der Waals surface area contributed by atoms with Gasteiger partial charge in [0.15, 0.2) is 0 Å². The first-order valence-electron chi connectivity index (χ1n) is 10.3. The zero-order chi connectivity index (χ0) is 15.8. The van der Waals surface area contributed by atoms with Crippen LogP contribution >= 0.6 is 0 Å². The van der Waals surface area contributed by atoms with Gasteiger partial charge in [0.2, 0.25) is 5.91 Å². The molecule has 6 fully saturated rings. The number of rotatable bonds is 3. The molecule has 6 aliphatic carbocycles. The van der Waals surface area contributed by atoms with Gasteiger partial charge >= 0.3 is 0 Å². The third kappa shape index (κ3) is 2.15. The number of hydrogen-bond donors (Lipinski definition) is 0. The number of hydrogen-bond acceptors (Lipinski definition) is 1. The fourth-order valence-electron chi connectivity index (χ4n) is 8.44. The molecule has 0 heterocycles. The van der Waals surface area contributed by atoms with E-state index in [2.05, 4.69) is 0 Å². The van der Waals surface area contributed by atoms with Gasteiger partial charge < -0.3 is 4.90 Å². The van der Waals surface area contributed by atoms with Crippen LogP contribution in [-0.2, 0) is 4.79 Å². The summed E-state index contributed by atoms with van der Waals surface area (Å²) < 4.78 is 0. The smallest absolute Gasteiger partial charge is 0.226 e. The maximum atomic E-state index is 13.3. The Morgan fingerprint density at radius 3 is 1.91 bits per heavy atom. The summed E-state index contributed by atoms with van der Waals surface area (Å²) >= 11 is 0. The molecule has 6 aliphatic rings. The molecule has 0 saturated heterocycles. The van der Waals surface area contributed by atoms with E-state index in [1.54, 1.807) is 0 Å². The van der Waals surface area contributed by atoms with Gasteiger partial charge in [-0.25, -0.2) is 0 Å². The summed E-state index contributed by atoms with van der Waals surface area (Å²) in [5.41, 5.74) is 0.394. The van der Waals surface area contributed by atoms with Crippen LogP contribution in [0.2, 0.25) is 0 Å². The van der Waals surface area contributed by atoms with Crippen molar-refractivity contribution in [2.75, 3.05) is 14.1 Å². The summed E-state index contributed by atoms with van der Waals surface area (Å²) in [6.07, 6.45) is 14.3. The lowest BCUT2D eigenvalue weighted by atomic mass is 9.44. The van der Waals surface area contributed by atoms with E-state index in [-0.39, 0.29) is 0 Å². The molecule has 1 amide bonds. The highest BCUT2D eigenvalue weighted by atomic mass is 16.2. The first-order chi connectivity index (χ1) is 11.0. The van der Waals surface area contributed by atoms with Crippen LogP contribution in [0.3, 0.4) is 0 Å². The molecule has 4 atom stereocenters. The molecule has 0 N–H and O–H groups in total. The Kier molecular flexibility index (Phi) is 3.21. The van der Waals surface area contributed by atoms with Crippen molar-refractivity contribution >= 4 is 5.91 Å². The Morgan fingerprint density at radius 2 is 1.48 bits per heavy atom. The fourth-order valence-corrected chi connectivity index (χ4v) is 8.44. The van der Waals surface area contributed by atoms with Gasteiger partial charge in [-0.15, -0.1) is 0 Å². The second kappa shape index (κ2) is 4.99. The van der Waals surface area contributed by atoms with Crippen molar-refractivity contribution in [1.29, 1.82) is 0 Å². The van der Waals surface area contributed by atoms with E-state index < -0.39 is 0 Å². The van der Waals surface area contributed by atoms with Gasteiger partial charge in [-0.2, -0.15) is 0 Å². The van der Waals surface area contributed by atoms with Crippen LogP contribution in [-0.4, -0.2) is 24.9 Å². The lowest BCUT2D eigenvalue weighted by molar-refractivity contribution is -0.157. The summed E-state index contributed by atoms with van der Waals surface area (Å²) in [4.78, 5) is 15.3. The molecule has 2 nitrogen and oxygen atoms in total. The normalized spacial score (nSPS) is 51.2. The van der Waals surface area contributed by atoms with Gasteiger partial charge in [-0.3, -0.25) is 4.79 Å². The minimum atomic E-state index is 0.362. The van der Waals surface area contributed by atoms with Crippen LogP contribution in [0.15, 0.2) is 0 Å². The molecule has 6 rings (SSSR count). The molecule has 128 valence electrons. The van der Waals surface area contributed by atoms with E-state index in [0.29, 0.717) is 17.2 Å². The Bertz CT molecular complexity index is 475. The summed E-state index contributed by atoms with van der Waals surface area (Å²) in [5.74, 6) is 6.27. The van der Waals surface area contributed by atoms with Crippen LogP contribution in [0.25, 0.3) is 0 Å². The van der Waals surface area contributed by atoms with Crippen LogP contribution in [0.4, 0.5) is 0 Å². The molecule has 6 saturated carbocycles. The van der Waals surface area contributed by atoms with Gasteiger partial charge in [-0.05, 0) is 98.7 Å². The zero-order valence-corrected chi connectivity index (χ0v) is 15.0. The van der Waals surface area contributed by atoms with Gasteiger partial charge in [0, 0.05) is 20.0 Å². The molecular weight excluding hydrogens is 282 g/mol. The first-order valence-corrected chi connectivity index (χ1v) is 10.3. The summed E-state index contributed by atoms with van der Waals surface area (Å²) in [7, 11) is 4.01.